The summed E-state index contributed by atoms with van der Waals surface area (Å²) in [6.07, 6.45) is 6.86. The van der Waals surface area contributed by atoms with Gasteiger partial charge in [-0.25, -0.2) is 4.98 Å². The summed E-state index contributed by atoms with van der Waals surface area (Å²) in [7, 11) is 1.57. The van der Waals surface area contributed by atoms with Crippen LogP contribution in [0.1, 0.15) is 44.9 Å². The molecule has 0 unspecified atom stereocenters. The van der Waals surface area contributed by atoms with Gasteiger partial charge in [0.25, 0.3) is 0 Å². The molecule has 0 bridgehead atoms. The summed E-state index contributed by atoms with van der Waals surface area (Å²) in [6.45, 7) is 0.875. The normalized spacial score (nSPS) is 14.6. The molecular formula is C18H28N4O4S. The number of carbonyl (C=O) groups excluding carboxylic acids is 3. The number of nitrogens with zero attached hydrogens (tertiary/aromatic N) is 2. The molecule has 2 N–H and O–H groups in total. The van der Waals surface area contributed by atoms with Crippen molar-refractivity contribution in [2.24, 2.45) is 0 Å². The highest BCUT2D eigenvalue weighted by Gasteiger charge is 2.27. The molecular weight excluding hydrogens is 368 g/mol. The molecule has 9 heteroatoms. The molecule has 1 fully saturated rings. The fourth-order valence-corrected chi connectivity index (χ4v) is 3.69. The Morgan fingerprint density at radius 2 is 2.00 bits per heavy atom. The van der Waals surface area contributed by atoms with Gasteiger partial charge in [0.15, 0.2) is 5.13 Å². The van der Waals surface area contributed by atoms with Crippen molar-refractivity contribution in [2.45, 2.75) is 51.0 Å². The zero-order chi connectivity index (χ0) is 19.5. The Kier molecular flexibility index (Phi) is 9.20. The number of rotatable bonds is 10. The van der Waals surface area contributed by atoms with E-state index in [2.05, 4.69) is 15.6 Å². The van der Waals surface area contributed by atoms with Crippen LogP contribution in [0, 0.1) is 0 Å². The third kappa shape index (κ3) is 7.64. The SMILES string of the molecule is COCCNC(=O)CN(C(=O)CCC(=O)Nc1nccs1)C1CCCCC1. The molecule has 1 saturated carbocycles. The van der Waals surface area contributed by atoms with Gasteiger partial charge in [0.2, 0.25) is 17.7 Å². The smallest absolute Gasteiger partial charge is 0.239 e. The molecule has 1 aromatic rings. The summed E-state index contributed by atoms with van der Waals surface area (Å²) in [6, 6.07) is 0.0708. The number of methoxy groups -OCH3 is 1. The lowest BCUT2D eigenvalue weighted by atomic mass is 9.94. The van der Waals surface area contributed by atoms with Gasteiger partial charge in [0.1, 0.15) is 0 Å². The van der Waals surface area contributed by atoms with Crippen molar-refractivity contribution in [1.29, 1.82) is 0 Å². The molecule has 27 heavy (non-hydrogen) atoms. The van der Waals surface area contributed by atoms with Crippen molar-refractivity contribution in [1.82, 2.24) is 15.2 Å². The third-order valence-corrected chi connectivity index (χ3v) is 5.21. The van der Waals surface area contributed by atoms with Crippen LogP contribution in [-0.4, -0.2) is 60.5 Å². The van der Waals surface area contributed by atoms with Crippen LogP contribution in [-0.2, 0) is 19.1 Å². The van der Waals surface area contributed by atoms with Gasteiger partial charge in [0.05, 0.1) is 13.2 Å². The van der Waals surface area contributed by atoms with E-state index < -0.39 is 0 Å². The first-order valence-electron chi connectivity index (χ1n) is 9.34. The molecule has 0 saturated heterocycles. The van der Waals surface area contributed by atoms with Gasteiger partial charge in [-0.05, 0) is 12.8 Å². The number of hydrogen-bond acceptors (Lipinski definition) is 6. The summed E-state index contributed by atoms with van der Waals surface area (Å²) in [4.78, 5) is 42.6. The minimum Gasteiger partial charge on any atom is -0.383 e. The van der Waals surface area contributed by atoms with Crippen LogP contribution in [0.5, 0.6) is 0 Å². The zero-order valence-corrected chi connectivity index (χ0v) is 16.6. The van der Waals surface area contributed by atoms with Crippen molar-refractivity contribution in [3.8, 4) is 0 Å². The predicted octanol–water partition coefficient (Wildman–Crippen LogP) is 1.79. The zero-order valence-electron chi connectivity index (χ0n) is 15.7. The summed E-state index contributed by atoms with van der Waals surface area (Å²) < 4.78 is 4.92. The number of amides is 3. The lowest BCUT2D eigenvalue weighted by Crippen LogP contribution is -2.47. The second kappa shape index (κ2) is 11.7. The van der Waals surface area contributed by atoms with Gasteiger partial charge in [0, 0.05) is 44.1 Å². The lowest BCUT2D eigenvalue weighted by Gasteiger charge is -2.34. The van der Waals surface area contributed by atoms with Crippen molar-refractivity contribution in [2.75, 3.05) is 32.1 Å². The van der Waals surface area contributed by atoms with E-state index in [9.17, 15) is 14.4 Å². The largest absolute Gasteiger partial charge is 0.383 e. The maximum absolute atomic E-state index is 12.7. The quantitative estimate of drug-likeness (QED) is 0.587. The van der Waals surface area contributed by atoms with E-state index in [1.165, 1.54) is 11.3 Å². The molecule has 0 spiro atoms. The van der Waals surface area contributed by atoms with Crippen LogP contribution in [0.4, 0.5) is 5.13 Å². The first-order valence-corrected chi connectivity index (χ1v) is 10.2. The van der Waals surface area contributed by atoms with E-state index in [1.807, 2.05) is 0 Å². The van der Waals surface area contributed by atoms with E-state index in [0.717, 1.165) is 32.1 Å². The van der Waals surface area contributed by atoms with Crippen molar-refractivity contribution in [3.05, 3.63) is 11.6 Å². The average molecular weight is 397 g/mol. The topological polar surface area (TPSA) is 101 Å². The van der Waals surface area contributed by atoms with Crippen LogP contribution in [0.25, 0.3) is 0 Å². The van der Waals surface area contributed by atoms with E-state index in [1.54, 1.807) is 23.6 Å². The molecule has 1 aliphatic rings. The molecule has 0 aromatic carbocycles. The fraction of sp³-hybridized carbons (Fsp3) is 0.667. The Hall–Kier alpha value is -2.00. The van der Waals surface area contributed by atoms with Crippen LogP contribution in [0.15, 0.2) is 11.6 Å². The molecule has 1 aliphatic carbocycles. The molecule has 2 rings (SSSR count). The molecule has 1 aromatic heterocycles. The Morgan fingerprint density at radius 1 is 1.22 bits per heavy atom. The summed E-state index contributed by atoms with van der Waals surface area (Å²) >= 11 is 1.33. The van der Waals surface area contributed by atoms with Crippen LogP contribution in [0.2, 0.25) is 0 Å². The molecule has 1 heterocycles. The maximum Gasteiger partial charge on any atom is 0.239 e. The summed E-state index contributed by atoms with van der Waals surface area (Å²) in [5.41, 5.74) is 0. The number of aromatic nitrogens is 1. The molecule has 0 atom stereocenters. The van der Waals surface area contributed by atoms with Gasteiger partial charge in [-0.2, -0.15) is 0 Å². The summed E-state index contributed by atoms with van der Waals surface area (Å²) in [5.74, 6) is -0.595. The third-order valence-electron chi connectivity index (χ3n) is 4.52. The van der Waals surface area contributed by atoms with E-state index in [0.29, 0.717) is 18.3 Å². The van der Waals surface area contributed by atoms with Gasteiger partial charge >= 0.3 is 0 Å². The molecule has 150 valence electrons. The standard InChI is InChI=1S/C18H28N4O4S/c1-26-11-9-19-16(24)13-22(14-5-3-2-4-6-14)17(25)8-7-15(23)21-18-20-10-12-27-18/h10,12,14H,2-9,11,13H2,1H3,(H,19,24)(H,20,21,23). The minimum absolute atomic E-state index is 0.0291. The molecule has 0 aliphatic heterocycles. The summed E-state index contributed by atoms with van der Waals surface area (Å²) in [5, 5.41) is 7.73. The molecule has 3 amide bonds. The first kappa shape index (κ1) is 21.3. The number of thiazole rings is 1. The van der Waals surface area contributed by atoms with Crippen LogP contribution in [0.3, 0.4) is 0 Å². The Balaban J connectivity index is 1.87. The van der Waals surface area contributed by atoms with Gasteiger partial charge < -0.3 is 20.3 Å². The van der Waals surface area contributed by atoms with Crippen molar-refractivity contribution in [3.63, 3.8) is 0 Å². The molecule has 0 radical (unpaired) electrons. The highest BCUT2D eigenvalue weighted by molar-refractivity contribution is 7.13. The highest BCUT2D eigenvalue weighted by atomic mass is 32.1. The van der Waals surface area contributed by atoms with Crippen LogP contribution >= 0.6 is 11.3 Å². The Labute approximate surface area is 163 Å². The van der Waals surface area contributed by atoms with E-state index >= 15 is 0 Å². The van der Waals surface area contributed by atoms with Gasteiger partial charge in [-0.3, -0.25) is 14.4 Å². The van der Waals surface area contributed by atoms with E-state index in [-0.39, 0.29) is 43.1 Å². The maximum atomic E-state index is 12.7. The Bertz CT molecular complexity index is 603. The van der Waals surface area contributed by atoms with Gasteiger partial charge in [-0.15, -0.1) is 11.3 Å². The number of nitrogens with one attached hydrogen (secondary N) is 2. The van der Waals surface area contributed by atoms with Gasteiger partial charge in [-0.1, -0.05) is 19.3 Å². The second-order valence-corrected chi connectivity index (χ2v) is 7.44. The second-order valence-electron chi connectivity index (χ2n) is 6.54. The minimum atomic E-state index is -0.244. The number of ether oxygens (including phenoxy) is 1. The average Bonchev–Trinajstić information content (AvgIpc) is 3.18. The van der Waals surface area contributed by atoms with Crippen molar-refractivity contribution < 1.29 is 19.1 Å². The van der Waals surface area contributed by atoms with E-state index in [4.69, 9.17) is 4.74 Å². The Morgan fingerprint density at radius 3 is 2.67 bits per heavy atom. The number of carbonyl (C=O) groups is 3. The fourth-order valence-electron chi connectivity index (χ4n) is 3.15. The lowest BCUT2D eigenvalue weighted by molar-refractivity contribution is -0.139. The monoisotopic (exact) mass is 396 g/mol. The number of anilines is 1. The number of hydrogen-bond donors (Lipinski definition) is 2. The highest BCUT2D eigenvalue weighted by Crippen LogP contribution is 2.23. The predicted molar refractivity (Wildman–Crippen MR) is 103 cm³/mol. The first-order chi connectivity index (χ1) is 13.1. The van der Waals surface area contributed by atoms with Crippen molar-refractivity contribution >= 4 is 34.2 Å². The van der Waals surface area contributed by atoms with Crippen LogP contribution < -0.4 is 10.6 Å². The molecule has 8 nitrogen and oxygen atoms in total.